The molecular formula is C10H15NO5. The van der Waals surface area contributed by atoms with Crippen molar-refractivity contribution < 1.29 is 23.8 Å². The van der Waals surface area contributed by atoms with Gasteiger partial charge < -0.3 is 19.5 Å². The number of carbonyl (C=O) groups is 2. The summed E-state index contributed by atoms with van der Waals surface area (Å²) >= 11 is 0. The van der Waals surface area contributed by atoms with Crippen molar-refractivity contribution in [2.45, 2.75) is 31.8 Å². The fraction of sp³-hybridized carbons (Fsp3) is 0.800. The quantitative estimate of drug-likeness (QED) is 0.711. The summed E-state index contributed by atoms with van der Waals surface area (Å²) < 4.78 is 16.1. The van der Waals surface area contributed by atoms with E-state index >= 15 is 0 Å². The normalized spacial score (nSPS) is 29.2. The van der Waals surface area contributed by atoms with Crippen molar-refractivity contribution in [2.75, 3.05) is 19.8 Å². The van der Waals surface area contributed by atoms with Crippen molar-refractivity contribution in [1.82, 2.24) is 5.32 Å². The Labute approximate surface area is 93.2 Å². The van der Waals surface area contributed by atoms with Crippen LogP contribution in [0, 0.1) is 0 Å². The molecule has 1 unspecified atom stereocenters. The predicted molar refractivity (Wildman–Crippen MR) is 52.4 cm³/mol. The van der Waals surface area contributed by atoms with E-state index in [1.165, 1.54) is 0 Å². The Hall–Kier alpha value is -0.980. The molecule has 16 heavy (non-hydrogen) atoms. The number of ether oxygens (including phenoxy) is 3. The SMILES string of the molecule is CCOC1(C2CCC(=O)N2)OCC(=O)CO1. The van der Waals surface area contributed by atoms with Crippen LogP contribution in [0.3, 0.4) is 0 Å². The van der Waals surface area contributed by atoms with Crippen LogP contribution in [-0.4, -0.2) is 43.5 Å². The highest BCUT2D eigenvalue weighted by Gasteiger charge is 2.48. The van der Waals surface area contributed by atoms with Gasteiger partial charge in [0.05, 0.1) is 0 Å². The van der Waals surface area contributed by atoms with Gasteiger partial charge in [-0.2, -0.15) is 0 Å². The van der Waals surface area contributed by atoms with Crippen molar-refractivity contribution >= 4 is 11.7 Å². The van der Waals surface area contributed by atoms with Crippen LogP contribution >= 0.6 is 0 Å². The molecule has 1 N–H and O–H groups in total. The first-order valence-corrected chi connectivity index (χ1v) is 5.39. The second-order valence-electron chi connectivity index (χ2n) is 3.81. The monoisotopic (exact) mass is 229 g/mol. The molecule has 0 aromatic carbocycles. The van der Waals surface area contributed by atoms with Crippen LogP contribution in [0.4, 0.5) is 0 Å². The number of hydrogen-bond acceptors (Lipinski definition) is 5. The minimum atomic E-state index is -1.28. The fourth-order valence-electron chi connectivity index (χ4n) is 1.91. The Kier molecular flexibility index (Phi) is 3.22. The molecule has 0 radical (unpaired) electrons. The van der Waals surface area contributed by atoms with Crippen LogP contribution < -0.4 is 5.32 Å². The number of carbonyl (C=O) groups excluding carboxylic acids is 2. The van der Waals surface area contributed by atoms with Gasteiger partial charge in [-0.15, -0.1) is 0 Å². The van der Waals surface area contributed by atoms with E-state index < -0.39 is 5.97 Å². The van der Waals surface area contributed by atoms with E-state index in [-0.39, 0.29) is 30.9 Å². The molecule has 0 aliphatic carbocycles. The zero-order valence-electron chi connectivity index (χ0n) is 9.15. The maximum absolute atomic E-state index is 11.2. The van der Waals surface area contributed by atoms with Crippen LogP contribution in [0.25, 0.3) is 0 Å². The van der Waals surface area contributed by atoms with Gasteiger partial charge in [0, 0.05) is 13.0 Å². The average Bonchev–Trinajstić information content (AvgIpc) is 2.70. The Balaban J connectivity index is 2.09. The molecule has 6 nitrogen and oxygen atoms in total. The van der Waals surface area contributed by atoms with Crippen molar-refractivity contribution in [3.8, 4) is 0 Å². The predicted octanol–water partition coefficient (Wildman–Crippen LogP) is -0.429. The van der Waals surface area contributed by atoms with E-state index in [9.17, 15) is 9.59 Å². The summed E-state index contributed by atoms with van der Waals surface area (Å²) in [5.74, 6) is -1.46. The Morgan fingerprint density at radius 3 is 2.62 bits per heavy atom. The van der Waals surface area contributed by atoms with Gasteiger partial charge >= 0.3 is 5.97 Å². The van der Waals surface area contributed by atoms with Gasteiger partial charge in [0.25, 0.3) is 0 Å². The lowest BCUT2D eigenvalue weighted by molar-refractivity contribution is -0.395. The topological polar surface area (TPSA) is 73.9 Å². The zero-order chi connectivity index (χ0) is 11.6. The minimum Gasteiger partial charge on any atom is -0.345 e. The maximum Gasteiger partial charge on any atom is 0.305 e. The van der Waals surface area contributed by atoms with Crippen molar-refractivity contribution in [2.24, 2.45) is 0 Å². The fourth-order valence-corrected chi connectivity index (χ4v) is 1.91. The molecule has 0 bridgehead atoms. The average molecular weight is 229 g/mol. The van der Waals surface area contributed by atoms with E-state index in [4.69, 9.17) is 14.2 Å². The van der Waals surface area contributed by atoms with Crippen LogP contribution in [0.15, 0.2) is 0 Å². The lowest BCUT2D eigenvalue weighted by Gasteiger charge is -2.39. The molecule has 0 spiro atoms. The second-order valence-corrected chi connectivity index (χ2v) is 3.81. The van der Waals surface area contributed by atoms with Gasteiger partial charge in [0.1, 0.15) is 19.3 Å². The molecule has 2 aliphatic rings. The molecule has 2 rings (SSSR count). The van der Waals surface area contributed by atoms with E-state index in [1.807, 2.05) is 6.92 Å². The summed E-state index contributed by atoms with van der Waals surface area (Å²) in [5.41, 5.74) is 0. The third-order valence-corrected chi connectivity index (χ3v) is 2.64. The molecule has 2 aliphatic heterocycles. The smallest absolute Gasteiger partial charge is 0.305 e. The molecule has 0 aromatic heterocycles. The third kappa shape index (κ3) is 2.09. The standard InChI is InChI=1S/C10H15NO5/c1-2-14-10(8-3-4-9(13)11-8)15-5-7(12)6-16-10/h8H,2-6H2,1H3,(H,11,13). The number of Topliss-reactive ketones (excluding diaryl/α,β-unsaturated/α-hetero) is 1. The van der Waals surface area contributed by atoms with Crippen molar-refractivity contribution in [3.05, 3.63) is 0 Å². The summed E-state index contributed by atoms with van der Waals surface area (Å²) in [7, 11) is 0. The first kappa shape index (κ1) is 11.5. The summed E-state index contributed by atoms with van der Waals surface area (Å²) in [5, 5.41) is 2.74. The molecule has 6 heteroatoms. The maximum atomic E-state index is 11.2. The van der Waals surface area contributed by atoms with Crippen molar-refractivity contribution in [3.63, 3.8) is 0 Å². The highest BCUT2D eigenvalue weighted by atomic mass is 16.9. The van der Waals surface area contributed by atoms with E-state index in [0.29, 0.717) is 19.4 Å². The van der Waals surface area contributed by atoms with Crippen LogP contribution in [-0.2, 0) is 23.8 Å². The highest BCUT2D eigenvalue weighted by Crippen LogP contribution is 2.28. The van der Waals surface area contributed by atoms with Gasteiger partial charge in [-0.3, -0.25) is 9.59 Å². The summed E-state index contributed by atoms with van der Waals surface area (Å²) in [4.78, 5) is 22.2. The molecular weight excluding hydrogens is 214 g/mol. The van der Waals surface area contributed by atoms with Crippen LogP contribution in [0.5, 0.6) is 0 Å². The molecule has 90 valence electrons. The van der Waals surface area contributed by atoms with Gasteiger partial charge in [0.2, 0.25) is 5.91 Å². The van der Waals surface area contributed by atoms with Gasteiger partial charge in [-0.05, 0) is 13.3 Å². The first-order valence-electron chi connectivity index (χ1n) is 5.39. The Bertz CT molecular complexity index is 294. The van der Waals surface area contributed by atoms with Gasteiger partial charge in [-0.1, -0.05) is 0 Å². The first-order chi connectivity index (χ1) is 7.66. The molecule has 1 atom stereocenters. The number of nitrogens with one attached hydrogen (secondary N) is 1. The molecule has 2 heterocycles. The third-order valence-electron chi connectivity index (χ3n) is 2.64. The van der Waals surface area contributed by atoms with Gasteiger partial charge in [0.15, 0.2) is 5.78 Å². The lowest BCUT2D eigenvalue weighted by Crippen LogP contribution is -2.58. The van der Waals surface area contributed by atoms with E-state index in [1.54, 1.807) is 0 Å². The minimum absolute atomic E-state index is 0.0353. The summed E-state index contributed by atoms with van der Waals surface area (Å²) in [6.45, 7) is 2.13. The number of ketones is 1. The summed E-state index contributed by atoms with van der Waals surface area (Å²) in [6.07, 6.45) is 1.02. The highest BCUT2D eigenvalue weighted by molar-refractivity contribution is 5.81. The van der Waals surface area contributed by atoms with Crippen molar-refractivity contribution in [1.29, 1.82) is 0 Å². The van der Waals surface area contributed by atoms with E-state index in [0.717, 1.165) is 0 Å². The molecule has 2 saturated heterocycles. The largest absolute Gasteiger partial charge is 0.345 e. The molecule has 0 aromatic rings. The van der Waals surface area contributed by atoms with Crippen LogP contribution in [0.1, 0.15) is 19.8 Å². The number of hydrogen-bond donors (Lipinski definition) is 1. The Morgan fingerprint density at radius 2 is 2.12 bits per heavy atom. The van der Waals surface area contributed by atoms with Crippen LogP contribution in [0.2, 0.25) is 0 Å². The van der Waals surface area contributed by atoms with E-state index in [2.05, 4.69) is 5.32 Å². The molecule has 0 saturated carbocycles. The zero-order valence-corrected chi connectivity index (χ0v) is 9.15. The number of rotatable bonds is 3. The number of amides is 1. The molecule has 1 amide bonds. The van der Waals surface area contributed by atoms with Gasteiger partial charge in [-0.25, -0.2) is 0 Å². The Morgan fingerprint density at radius 1 is 1.44 bits per heavy atom. The second kappa shape index (κ2) is 4.48. The molecule has 2 fully saturated rings. The lowest BCUT2D eigenvalue weighted by atomic mass is 10.2. The summed E-state index contributed by atoms with van der Waals surface area (Å²) in [6, 6.07) is -0.340.